The first-order valence-electron chi connectivity index (χ1n) is 9.31. The largest absolute Gasteiger partial charge is 0.494 e. The van der Waals surface area contributed by atoms with Gasteiger partial charge >= 0.3 is 0 Å². The van der Waals surface area contributed by atoms with Crippen molar-refractivity contribution < 1.29 is 18.3 Å². The molecule has 2 aromatic rings. The Kier molecular flexibility index (Phi) is 6.59. The Balaban J connectivity index is 1.49. The smallest absolute Gasteiger partial charge is 0.241 e. The molecule has 1 aliphatic rings. The number of hydrogen-bond donors (Lipinski definition) is 1. The van der Waals surface area contributed by atoms with Crippen LogP contribution in [0.2, 0.25) is 0 Å². The second kappa shape index (κ2) is 9.12. The van der Waals surface area contributed by atoms with Crippen molar-refractivity contribution in [2.75, 3.05) is 38.6 Å². The number of benzene rings is 2. The van der Waals surface area contributed by atoms with Gasteiger partial charge in [-0.05, 0) is 48.9 Å². The van der Waals surface area contributed by atoms with E-state index in [2.05, 4.69) is 15.1 Å². The highest BCUT2D eigenvalue weighted by Crippen LogP contribution is 2.19. The lowest BCUT2D eigenvalue weighted by molar-refractivity contribution is -0.121. The highest BCUT2D eigenvalue weighted by atomic mass is 19.1. The van der Waals surface area contributed by atoms with E-state index < -0.39 is 0 Å². The summed E-state index contributed by atoms with van der Waals surface area (Å²) in [5.41, 5.74) is 1.48. The predicted octanol–water partition coefficient (Wildman–Crippen LogP) is 3.12. The van der Waals surface area contributed by atoms with Gasteiger partial charge in [0.25, 0.3) is 0 Å². The van der Waals surface area contributed by atoms with E-state index in [-0.39, 0.29) is 29.3 Å². The lowest BCUT2D eigenvalue weighted by Gasteiger charge is -2.37. The van der Waals surface area contributed by atoms with Crippen LogP contribution in [0.4, 0.5) is 14.5 Å². The first-order chi connectivity index (χ1) is 13.5. The van der Waals surface area contributed by atoms with Crippen LogP contribution in [0.1, 0.15) is 12.5 Å². The van der Waals surface area contributed by atoms with E-state index >= 15 is 0 Å². The average Bonchev–Trinajstić information content (AvgIpc) is 2.70. The van der Waals surface area contributed by atoms with Crippen LogP contribution in [0, 0.1) is 11.6 Å². The minimum absolute atomic E-state index is 0.114. The number of carbonyl (C=O) groups excluding carboxylic acids is 1. The molecule has 150 valence electrons. The highest BCUT2D eigenvalue weighted by Gasteiger charge is 2.25. The lowest BCUT2D eigenvalue weighted by Crippen LogP contribution is -2.52. The summed E-state index contributed by atoms with van der Waals surface area (Å²) < 4.78 is 31.8. The molecule has 0 radical (unpaired) electrons. The van der Waals surface area contributed by atoms with E-state index in [0.29, 0.717) is 12.2 Å². The third-order valence-electron chi connectivity index (χ3n) is 5.07. The standard InChI is InChI=1S/C21H25F2N3O2/c1-15(21(27)24-18-6-4-17(22)5-7-18)26-11-9-25(10-12-26)14-16-3-8-20(28-2)19(23)13-16/h3-8,13,15H,9-12,14H2,1-2H3,(H,24,27). The van der Waals surface area contributed by atoms with Gasteiger partial charge in [0.15, 0.2) is 11.6 Å². The fourth-order valence-corrected chi connectivity index (χ4v) is 3.32. The quantitative estimate of drug-likeness (QED) is 0.825. The maximum atomic E-state index is 13.8. The second-order valence-electron chi connectivity index (χ2n) is 6.95. The van der Waals surface area contributed by atoms with Crippen molar-refractivity contribution in [3.05, 3.63) is 59.7 Å². The first kappa shape index (κ1) is 20.2. The third-order valence-corrected chi connectivity index (χ3v) is 5.07. The molecular weight excluding hydrogens is 364 g/mol. The van der Waals surface area contributed by atoms with Crippen LogP contribution in [0.3, 0.4) is 0 Å². The van der Waals surface area contributed by atoms with Gasteiger partial charge in [-0.25, -0.2) is 8.78 Å². The zero-order chi connectivity index (χ0) is 20.1. The molecule has 1 unspecified atom stereocenters. The van der Waals surface area contributed by atoms with Crippen molar-refractivity contribution in [2.24, 2.45) is 0 Å². The van der Waals surface area contributed by atoms with Crippen LogP contribution in [-0.2, 0) is 11.3 Å². The van der Waals surface area contributed by atoms with Crippen LogP contribution in [0.25, 0.3) is 0 Å². The van der Waals surface area contributed by atoms with E-state index in [1.165, 1.54) is 25.3 Å². The third kappa shape index (κ3) is 5.05. The van der Waals surface area contributed by atoms with Gasteiger partial charge in [-0.3, -0.25) is 14.6 Å². The molecule has 28 heavy (non-hydrogen) atoms. The molecular formula is C21H25F2N3O2. The Morgan fingerprint density at radius 3 is 2.39 bits per heavy atom. The van der Waals surface area contributed by atoms with E-state index in [1.54, 1.807) is 18.2 Å². The molecule has 1 aliphatic heterocycles. The summed E-state index contributed by atoms with van der Waals surface area (Å²) in [7, 11) is 1.45. The van der Waals surface area contributed by atoms with Gasteiger partial charge in [-0.1, -0.05) is 6.07 Å². The number of nitrogens with one attached hydrogen (secondary N) is 1. The molecule has 1 amide bonds. The van der Waals surface area contributed by atoms with Crippen molar-refractivity contribution in [1.29, 1.82) is 0 Å². The number of amides is 1. The van der Waals surface area contributed by atoms with Crippen LogP contribution >= 0.6 is 0 Å². The van der Waals surface area contributed by atoms with Gasteiger partial charge in [-0.15, -0.1) is 0 Å². The molecule has 5 nitrogen and oxygen atoms in total. The van der Waals surface area contributed by atoms with Crippen LogP contribution < -0.4 is 10.1 Å². The van der Waals surface area contributed by atoms with E-state index in [4.69, 9.17) is 4.74 Å². The van der Waals surface area contributed by atoms with Gasteiger partial charge in [-0.2, -0.15) is 0 Å². The highest BCUT2D eigenvalue weighted by molar-refractivity contribution is 5.94. The fourth-order valence-electron chi connectivity index (χ4n) is 3.32. The van der Waals surface area contributed by atoms with Crippen molar-refractivity contribution in [1.82, 2.24) is 9.80 Å². The van der Waals surface area contributed by atoms with E-state index in [0.717, 1.165) is 31.7 Å². The predicted molar refractivity (Wildman–Crippen MR) is 104 cm³/mol. The van der Waals surface area contributed by atoms with Gasteiger partial charge in [0, 0.05) is 38.4 Å². The summed E-state index contributed by atoms with van der Waals surface area (Å²) >= 11 is 0. The SMILES string of the molecule is COc1ccc(CN2CCN(C(C)C(=O)Nc3ccc(F)cc3)CC2)cc1F. The number of ether oxygens (including phenoxy) is 1. The summed E-state index contributed by atoms with van der Waals surface area (Å²) in [5.74, 6) is -0.560. The van der Waals surface area contributed by atoms with Crippen molar-refractivity contribution in [3.63, 3.8) is 0 Å². The number of methoxy groups -OCH3 is 1. The number of hydrogen-bond acceptors (Lipinski definition) is 4. The zero-order valence-corrected chi connectivity index (χ0v) is 16.1. The van der Waals surface area contributed by atoms with Gasteiger partial charge < -0.3 is 10.1 Å². The molecule has 0 aromatic heterocycles. The van der Waals surface area contributed by atoms with E-state index in [1.807, 2.05) is 13.0 Å². The Morgan fingerprint density at radius 2 is 1.79 bits per heavy atom. The number of piperazine rings is 1. The molecule has 7 heteroatoms. The van der Waals surface area contributed by atoms with Crippen molar-refractivity contribution in [3.8, 4) is 5.75 Å². The summed E-state index contributed by atoms with van der Waals surface area (Å²) in [4.78, 5) is 16.8. The summed E-state index contributed by atoms with van der Waals surface area (Å²) in [6.45, 7) is 5.61. The molecule has 1 saturated heterocycles. The van der Waals surface area contributed by atoms with Crippen LogP contribution in [0.5, 0.6) is 5.75 Å². The van der Waals surface area contributed by atoms with Crippen LogP contribution in [0.15, 0.2) is 42.5 Å². The van der Waals surface area contributed by atoms with Crippen LogP contribution in [-0.4, -0.2) is 55.0 Å². The number of anilines is 1. The molecule has 1 fully saturated rings. The van der Waals surface area contributed by atoms with E-state index in [9.17, 15) is 13.6 Å². The number of halogens is 2. The lowest BCUT2D eigenvalue weighted by atomic mass is 10.1. The maximum absolute atomic E-state index is 13.8. The molecule has 3 rings (SSSR count). The Bertz CT molecular complexity index is 806. The summed E-state index contributed by atoms with van der Waals surface area (Å²) in [5, 5.41) is 2.82. The number of carbonyl (C=O) groups is 1. The van der Waals surface area contributed by atoms with Crippen molar-refractivity contribution >= 4 is 11.6 Å². The maximum Gasteiger partial charge on any atom is 0.241 e. The monoisotopic (exact) mass is 389 g/mol. The minimum Gasteiger partial charge on any atom is -0.494 e. The Labute approximate surface area is 163 Å². The summed E-state index contributed by atoms with van der Waals surface area (Å²) in [6, 6.07) is 10.5. The first-order valence-corrected chi connectivity index (χ1v) is 9.31. The molecule has 2 aromatic carbocycles. The minimum atomic E-state index is -0.357. The normalized spacial score (nSPS) is 16.6. The number of rotatable bonds is 6. The fraction of sp³-hybridized carbons (Fsp3) is 0.381. The molecule has 0 saturated carbocycles. The summed E-state index contributed by atoms with van der Waals surface area (Å²) in [6.07, 6.45) is 0. The average molecular weight is 389 g/mol. The Morgan fingerprint density at radius 1 is 1.11 bits per heavy atom. The molecule has 1 N–H and O–H groups in total. The van der Waals surface area contributed by atoms with Crippen molar-refractivity contribution in [2.45, 2.75) is 19.5 Å². The molecule has 0 spiro atoms. The van der Waals surface area contributed by atoms with Gasteiger partial charge in [0.1, 0.15) is 5.82 Å². The second-order valence-corrected chi connectivity index (χ2v) is 6.95. The molecule has 1 heterocycles. The Hall–Kier alpha value is -2.51. The topological polar surface area (TPSA) is 44.8 Å². The van der Waals surface area contributed by atoms with Gasteiger partial charge in [0.05, 0.1) is 13.2 Å². The molecule has 1 atom stereocenters. The molecule has 0 aliphatic carbocycles. The van der Waals surface area contributed by atoms with Gasteiger partial charge in [0.2, 0.25) is 5.91 Å². The molecule has 0 bridgehead atoms. The zero-order valence-electron chi connectivity index (χ0n) is 16.1. The number of nitrogens with zero attached hydrogens (tertiary/aromatic N) is 2.